The van der Waals surface area contributed by atoms with Gasteiger partial charge in [-0.3, -0.25) is 9.59 Å². The number of amides is 1. The highest BCUT2D eigenvalue weighted by Gasteiger charge is 2.15. The number of hydrogen-bond acceptors (Lipinski definition) is 6. The molecule has 0 bridgehead atoms. The van der Waals surface area contributed by atoms with Crippen LogP contribution >= 0.6 is 0 Å². The predicted molar refractivity (Wildman–Crippen MR) is 120 cm³/mol. The zero-order chi connectivity index (χ0) is 23.4. The van der Waals surface area contributed by atoms with E-state index in [1.54, 1.807) is 36.4 Å². The Hall–Kier alpha value is -4.27. The van der Waals surface area contributed by atoms with Crippen LogP contribution < -0.4 is 21.2 Å². The van der Waals surface area contributed by atoms with E-state index in [0.717, 1.165) is 0 Å². The summed E-state index contributed by atoms with van der Waals surface area (Å²) < 4.78 is 25.1. The number of aromatic nitrogens is 2. The first-order chi connectivity index (χ1) is 16.0. The first-order valence-electron chi connectivity index (χ1n) is 10.3. The smallest absolute Gasteiger partial charge is 0.349 e. The molecule has 168 valence electrons. The molecule has 0 unspecified atom stereocenters. The summed E-state index contributed by atoms with van der Waals surface area (Å²) in [6, 6.07) is 15.2. The molecule has 1 N–H and O–H groups in total. The average Bonchev–Trinajstić information content (AvgIpc) is 2.81. The van der Waals surface area contributed by atoms with Crippen molar-refractivity contribution < 1.29 is 18.3 Å². The summed E-state index contributed by atoms with van der Waals surface area (Å²) in [6.45, 7) is 2.34. The van der Waals surface area contributed by atoms with Crippen molar-refractivity contribution in [2.45, 2.75) is 13.5 Å². The molecule has 0 saturated heterocycles. The third-order valence-electron chi connectivity index (χ3n) is 4.88. The quantitative estimate of drug-likeness (QED) is 0.435. The average molecular weight is 449 g/mol. The number of carbonyl (C=O) groups is 1. The van der Waals surface area contributed by atoms with Crippen LogP contribution in [0, 0.1) is 5.82 Å². The SMILES string of the molecule is CCOc1cccc2cc(C(=O)NCCn3nc(-c4ccc(F)cc4)ccc3=O)c(=O)oc12. The van der Waals surface area contributed by atoms with E-state index in [-0.39, 0.29) is 35.6 Å². The van der Waals surface area contributed by atoms with Gasteiger partial charge in [0.1, 0.15) is 11.4 Å². The number of carbonyl (C=O) groups excluding carboxylic acids is 1. The first-order valence-corrected chi connectivity index (χ1v) is 10.3. The molecule has 1 amide bonds. The fourth-order valence-corrected chi connectivity index (χ4v) is 3.30. The molecule has 0 aliphatic rings. The Morgan fingerprint density at radius 2 is 1.91 bits per heavy atom. The number of nitrogens with one attached hydrogen (secondary N) is 1. The standard InChI is InChI=1S/C24H20FN3O5/c1-2-32-20-5-3-4-16-14-18(24(31)33-22(16)20)23(30)26-12-13-28-21(29)11-10-19(27-28)15-6-8-17(25)9-7-15/h3-11,14H,2,12-13H2,1H3,(H,26,30). The molecule has 0 radical (unpaired) electrons. The van der Waals surface area contributed by atoms with E-state index < -0.39 is 11.5 Å². The number of para-hydroxylation sites is 1. The first kappa shape index (κ1) is 21.9. The van der Waals surface area contributed by atoms with Crippen molar-refractivity contribution in [1.29, 1.82) is 0 Å². The van der Waals surface area contributed by atoms with Crippen molar-refractivity contribution in [2.24, 2.45) is 0 Å². The fourth-order valence-electron chi connectivity index (χ4n) is 3.30. The van der Waals surface area contributed by atoms with E-state index in [4.69, 9.17) is 9.15 Å². The number of rotatable bonds is 7. The zero-order valence-electron chi connectivity index (χ0n) is 17.7. The highest BCUT2D eigenvalue weighted by Crippen LogP contribution is 2.24. The van der Waals surface area contributed by atoms with Gasteiger partial charge in [-0.05, 0) is 49.4 Å². The van der Waals surface area contributed by atoms with Crippen LogP contribution in [0.4, 0.5) is 4.39 Å². The monoisotopic (exact) mass is 449 g/mol. The molecule has 4 aromatic rings. The van der Waals surface area contributed by atoms with Crippen molar-refractivity contribution in [2.75, 3.05) is 13.2 Å². The van der Waals surface area contributed by atoms with Crippen LogP contribution in [0.15, 0.2) is 74.7 Å². The van der Waals surface area contributed by atoms with Crippen LogP contribution in [0.25, 0.3) is 22.2 Å². The molecule has 0 saturated carbocycles. The van der Waals surface area contributed by atoms with Crippen LogP contribution in [0.5, 0.6) is 5.75 Å². The molecule has 33 heavy (non-hydrogen) atoms. The molecule has 4 rings (SSSR count). The maximum Gasteiger partial charge on any atom is 0.349 e. The summed E-state index contributed by atoms with van der Waals surface area (Å²) in [5.74, 6) is -0.581. The van der Waals surface area contributed by atoms with Gasteiger partial charge in [0.15, 0.2) is 11.3 Å². The molecule has 9 heteroatoms. The summed E-state index contributed by atoms with van der Waals surface area (Å²) in [7, 11) is 0. The number of benzene rings is 2. The highest BCUT2D eigenvalue weighted by molar-refractivity contribution is 5.97. The number of ether oxygens (including phenoxy) is 1. The lowest BCUT2D eigenvalue weighted by atomic mass is 10.1. The molecular formula is C24H20FN3O5. The van der Waals surface area contributed by atoms with Crippen molar-refractivity contribution >= 4 is 16.9 Å². The lowest BCUT2D eigenvalue weighted by molar-refractivity contribution is 0.0948. The van der Waals surface area contributed by atoms with Crippen LogP contribution in [0.2, 0.25) is 0 Å². The molecule has 0 fully saturated rings. The van der Waals surface area contributed by atoms with Crippen molar-refractivity contribution in [3.63, 3.8) is 0 Å². The summed E-state index contributed by atoms with van der Waals surface area (Å²) in [4.78, 5) is 37.1. The minimum atomic E-state index is -0.791. The van der Waals surface area contributed by atoms with Crippen molar-refractivity contribution in [3.05, 3.63) is 92.8 Å². The second kappa shape index (κ2) is 9.47. The second-order valence-electron chi connectivity index (χ2n) is 7.10. The Labute approximate surface area is 187 Å². The normalized spacial score (nSPS) is 10.8. The lowest BCUT2D eigenvalue weighted by Crippen LogP contribution is -2.33. The van der Waals surface area contributed by atoms with Gasteiger partial charge in [-0.25, -0.2) is 13.9 Å². The van der Waals surface area contributed by atoms with E-state index in [1.807, 2.05) is 6.92 Å². The van der Waals surface area contributed by atoms with E-state index >= 15 is 0 Å². The van der Waals surface area contributed by atoms with Gasteiger partial charge < -0.3 is 14.5 Å². The van der Waals surface area contributed by atoms with Gasteiger partial charge in [0.25, 0.3) is 11.5 Å². The maximum atomic E-state index is 13.1. The van der Waals surface area contributed by atoms with Gasteiger partial charge in [-0.1, -0.05) is 12.1 Å². The highest BCUT2D eigenvalue weighted by atomic mass is 19.1. The van der Waals surface area contributed by atoms with E-state index in [0.29, 0.717) is 29.0 Å². The number of nitrogens with zero attached hydrogens (tertiary/aromatic N) is 2. The van der Waals surface area contributed by atoms with Gasteiger partial charge in [0.2, 0.25) is 0 Å². The van der Waals surface area contributed by atoms with Crippen LogP contribution in [0.1, 0.15) is 17.3 Å². The Morgan fingerprint density at radius 3 is 2.67 bits per heavy atom. The molecule has 0 spiro atoms. The predicted octanol–water partition coefficient (Wildman–Crippen LogP) is 2.98. The largest absolute Gasteiger partial charge is 0.490 e. The molecule has 0 atom stereocenters. The molecular weight excluding hydrogens is 429 g/mol. The van der Waals surface area contributed by atoms with Crippen LogP contribution in [-0.4, -0.2) is 28.8 Å². The van der Waals surface area contributed by atoms with Crippen molar-refractivity contribution in [1.82, 2.24) is 15.1 Å². The molecule has 2 aromatic carbocycles. The number of fused-ring (bicyclic) bond motifs is 1. The minimum Gasteiger partial charge on any atom is -0.490 e. The van der Waals surface area contributed by atoms with Gasteiger partial charge >= 0.3 is 5.63 Å². The number of hydrogen-bond donors (Lipinski definition) is 1. The third kappa shape index (κ3) is 4.82. The van der Waals surface area contributed by atoms with Gasteiger partial charge in [-0.15, -0.1) is 0 Å². The maximum absolute atomic E-state index is 13.1. The second-order valence-corrected chi connectivity index (χ2v) is 7.10. The molecule has 8 nitrogen and oxygen atoms in total. The van der Waals surface area contributed by atoms with E-state index in [1.165, 1.54) is 28.9 Å². The molecule has 2 heterocycles. The Kier molecular flexibility index (Phi) is 6.30. The minimum absolute atomic E-state index is 0.0507. The summed E-state index contributed by atoms with van der Waals surface area (Å²) >= 11 is 0. The van der Waals surface area contributed by atoms with Gasteiger partial charge in [0.05, 0.1) is 18.8 Å². The molecule has 2 aromatic heterocycles. The van der Waals surface area contributed by atoms with E-state index in [2.05, 4.69) is 10.4 Å². The van der Waals surface area contributed by atoms with Crippen LogP contribution in [-0.2, 0) is 6.54 Å². The lowest BCUT2D eigenvalue weighted by Gasteiger charge is -2.09. The summed E-state index contributed by atoms with van der Waals surface area (Å²) in [5.41, 5.74) is 0.103. The Balaban J connectivity index is 1.48. The third-order valence-corrected chi connectivity index (χ3v) is 4.88. The van der Waals surface area contributed by atoms with Crippen LogP contribution in [0.3, 0.4) is 0 Å². The van der Waals surface area contributed by atoms with Crippen molar-refractivity contribution in [3.8, 4) is 17.0 Å². The summed E-state index contributed by atoms with van der Waals surface area (Å²) in [5, 5.41) is 7.42. The number of halogens is 1. The topological polar surface area (TPSA) is 103 Å². The molecule has 0 aliphatic heterocycles. The zero-order valence-corrected chi connectivity index (χ0v) is 17.7. The van der Waals surface area contributed by atoms with Gasteiger partial charge in [0, 0.05) is 23.6 Å². The Morgan fingerprint density at radius 1 is 1.12 bits per heavy atom. The Bertz CT molecular complexity index is 1430. The molecule has 0 aliphatic carbocycles. The van der Waals surface area contributed by atoms with Gasteiger partial charge in [-0.2, -0.15) is 5.10 Å². The summed E-state index contributed by atoms with van der Waals surface area (Å²) in [6.07, 6.45) is 0. The fraction of sp³-hybridized carbons (Fsp3) is 0.167. The van der Waals surface area contributed by atoms with E-state index in [9.17, 15) is 18.8 Å².